The molecule has 1 aromatic heterocycles. The maximum atomic E-state index is 13.5. The molecule has 3 aliphatic rings. The van der Waals surface area contributed by atoms with Crippen LogP contribution >= 0.6 is 0 Å². The number of fused-ring (bicyclic) bond motifs is 3. The molecule has 0 saturated heterocycles. The Bertz CT molecular complexity index is 1060. The summed E-state index contributed by atoms with van der Waals surface area (Å²) in [5.41, 5.74) is 3.04. The van der Waals surface area contributed by atoms with Crippen LogP contribution in [0.3, 0.4) is 0 Å². The predicted octanol–water partition coefficient (Wildman–Crippen LogP) is 2.29. The fourth-order valence-corrected chi connectivity index (χ4v) is 4.82. The molecule has 2 aromatic rings. The van der Waals surface area contributed by atoms with Crippen LogP contribution in [0.4, 0.5) is 14.9 Å². The molecule has 3 heterocycles. The van der Waals surface area contributed by atoms with Crippen LogP contribution in [0.2, 0.25) is 0 Å². The van der Waals surface area contributed by atoms with Gasteiger partial charge in [-0.3, -0.25) is 9.48 Å². The number of β-amino-alcohol motifs (C(OH)–C–C–N with tert-alkyl or cyclic N) is 1. The van der Waals surface area contributed by atoms with E-state index in [1.54, 1.807) is 22.6 Å². The number of urea groups is 1. The lowest BCUT2D eigenvalue weighted by Gasteiger charge is -2.31. The molecule has 0 unspecified atom stereocenters. The van der Waals surface area contributed by atoms with Crippen LogP contribution in [0.1, 0.15) is 46.6 Å². The minimum atomic E-state index is -0.317. The fourth-order valence-electron chi connectivity index (χ4n) is 4.82. The normalized spacial score (nSPS) is 19.1. The highest BCUT2D eigenvalue weighted by Crippen LogP contribution is 2.47. The van der Waals surface area contributed by atoms with Gasteiger partial charge < -0.3 is 20.2 Å². The molecule has 5 rings (SSSR count). The number of nitrogens with one attached hydrogen (secondary N) is 1. The van der Waals surface area contributed by atoms with Crippen LogP contribution in [0.5, 0.6) is 0 Å². The number of halogens is 1. The summed E-state index contributed by atoms with van der Waals surface area (Å²) in [5, 5.41) is 17.0. The Balaban J connectivity index is 1.39. The average molecular weight is 427 g/mol. The monoisotopic (exact) mass is 427 g/mol. The Labute approximate surface area is 179 Å². The standard InChI is InChI=1S/C22H26FN5O3/c1-14-12-15(2-3-17(14)23)24-21(31)26-8-4-18-16(13-26)19-20(30)27(10-11-29)22(5-6-22)7-9-28(19)25-18/h2-3,12,29H,4-11,13H2,1H3,(H,24,31). The van der Waals surface area contributed by atoms with E-state index in [1.807, 2.05) is 4.90 Å². The third-order valence-corrected chi connectivity index (χ3v) is 6.76. The average Bonchev–Trinajstić information content (AvgIpc) is 3.46. The van der Waals surface area contributed by atoms with Gasteiger partial charge in [0.2, 0.25) is 0 Å². The zero-order valence-electron chi connectivity index (χ0n) is 17.5. The van der Waals surface area contributed by atoms with Crippen molar-refractivity contribution < 1.29 is 19.1 Å². The second-order valence-corrected chi connectivity index (χ2v) is 8.72. The van der Waals surface area contributed by atoms with Crippen molar-refractivity contribution in [2.45, 2.75) is 51.2 Å². The van der Waals surface area contributed by atoms with Crippen LogP contribution in [-0.2, 0) is 19.5 Å². The molecule has 0 bridgehead atoms. The molecule has 3 amide bonds. The van der Waals surface area contributed by atoms with E-state index < -0.39 is 0 Å². The van der Waals surface area contributed by atoms with Crippen molar-refractivity contribution in [2.75, 3.05) is 25.0 Å². The van der Waals surface area contributed by atoms with E-state index in [1.165, 1.54) is 12.1 Å². The SMILES string of the molecule is Cc1cc(NC(=O)N2CCc3nn4c(c3C2)C(=O)N(CCO)C2(CC4)CC2)ccc1F. The summed E-state index contributed by atoms with van der Waals surface area (Å²) in [6.45, 7) is 3.34. The minimum Gasteiger partial charge on any atom is -0.395 e. The van der Waals surface area contributed by atoms with Crippen LogP contribution in [0.15, 0.2) is 18.2 Å². The third-order valence-electron chi connectivity index (χ3n) is 6.76. The molecule has 31 heavy (non-hydrogen) atoms. The molecule has 0 atom stereocenters. The summed E-state index contributed by atoms with van der Waals surface area (Å²) in [4.78, 5) is 29.8. The van der Waals surface area contributed by atoms with Crippen LogP contribution in [0, 0.1) is 12.7 Å². The Hall–Kier alpha value is -2.94. The first kappa shape index (κ1) is 20.0. The number of aliphatic hydroxyl groups is 1. The van der Waals surface area contributed by atoms with Crippen LogP contribution < -0.4 is 5.32 Å². The van der Waals surface area contributed by atoms with Crippen molar-refractivity contribution in [3.63, 3.8) is 0 Å². The zero-order valence-corrected chi connectivity index (χ0v) is 17.5. The molecule has 1 fully saturated rings. The molecule has 8 nitrogen and oxygen atoms in total. The number of aliphatic hydroxyl groups excluding tert-OH is 1. The Morgan fingerprint density at radius 1 is 1.29 bits per heavy atom. The number of rotatable bonds is 3. The van der Waals surface area contributed by atoms with E-state index in [0.717, 1.165) is 30.5 Å². The number of nitrogens with zero attached hydrogens (tertiary/aromatic N) is 4. The largest absolute Gasteiger partial charge is 0.395 e. The lowest BCUT2D eigenvalue weighted by Crippen LogP contribution is -2.44. The van der Waals surface area contributed by atoms with Crippen LogP contribution in [-0.4, -0.2) is 61.9 Å². The summed E-state index contributed by atoms with van der Waals surface area (Å²) >= 11 is 0. The number of anilines is 1. The topological polar surface area (TPSA) is 90.7 Å². The van der Waals surface area contributed by atoms with Gasteiger partial charge in [0, 0.05) is 42.8 Å². The van der Waals surface area contributed by atoms with Crippen molar-refractivity contribution in [3.05, 3.63) is 46.5 Å². The van der Waals surface area contributed by atoms with E-state index in [2.05, 4.69) is 5.32 Å². The van der Waals surface area contributed by atoms with Gasteiger partial charge in [0.1, 0.15) is 11.5 Å². The predicted molar refractivity (Wildman–Crippen MR) is 111 cm³/mol. The Morgan fingerprint density at radius 2 is 2.10 bits per heavy atom. The second kappa shape index (κ2) is 7.33. The van der Waals surface area contributed by atoms with Gasteiger partial charge in [0.25, 0.3) is 5.91 Å². The molecule has 2 aliphatic heterocycles. The molecule has 0 radical (unpaired) electrons. The number of aromatic nitrogens is 2. The molecule has 1 saturated carbocycles. The number of carbonyl (C=O) groups is 2. The van der Waals surface area contributed by atoms with Crippen molar-refractivity contribution in [2.24, 2.45) is 0 Å². The molecule has 2 N–H and O–H groups in total. The van der Waals surface area contributed by atoms with Gasteiger partial charge in [-0.05, 0) is 49.9 Å². The third kappa shape index (κ3) is 3.37. The maximum absolute atomic E-state index is 13.5. The van der Waals surface area contributed by atoms with Crippen molar-refractivity contribution >= 4 is 17.6 Å². The smallest absolute Gasteiger partial charge is 0.322 e. The number of aryl methyl sites for hydroxylation is 2. The summed E-state index contributed by atoms with van der Waals surface area (Å²) in [6, 6.07) is 4.18. The molecule has 9 heteroatoms. The van der Waals surface area contributed by atoms with Crippen LogP contribution in [0.25, 0.3) is 0 Å². The van der Waals surface area contributed by atoms with Gasteiger partial charge in [-0.15, -0.1) is 0 Å². The summed E-state index contributed by atoms with van der Waals surface area (Å²) < 4.78 is 15.3. The van der Waals surface area contributed by atoms with E-state index in [4.69, 9.17) is 5.10 Å². The fraction of sp³-hybridized carbons (Fsp3) is 0.500. The number of hydrogen-bond acceptors (Lipinski definition) is 4. The molecule has 1 aromatic carbocycles. The first-order valence-corrected chi connectivity index (χ1v) is 10.8. The Kier molecular flexibility index (Phi) is 4.73. The highest BCUT2D eigenvalue weighted by Gasteiger charge is 2.52. The van der Waals surface area contributed by atoms with Crippen molar-refractivity contribution in [1.82, 2.24) is 19.6 Å². The number of benzene rings is 1. The Morgan fingerprint density at radius 3 is 2.81 bits per heavy atom. The highest BCUT2D eigenvalue weighted by atomic mass is 19.1. The van der Waals surface area contributed by atoms with Gasteiger partial charge >= 0.3 is 6.03 Å². The lowest BCUT2D eigenvalue weighted by molar-refractivity contribution is 0.0599. The maximum Gasteiger partial charge on any atom is 0.322 e. The first-order chi connectivity index (χ1) is 14.9. The van der Waals surface area contributed by atoms with Gasteiger partial charge in [-0.1, -0.05) is 0 Å². The summed E-state index contributed by atoms with van der Waals surface area (Å²) in [6.07, 6.45) is 3.32. The molecule has 164 valence electrons. The van der Waals surface area contributed by atoms with Gasteiger partial charge in [-0.2, -0.15) is 5.10 Å². The first-order valence-electron chi connectivity index (χ1n) is 10.8. The van der Waals surface area contributed by atoms with E-state index in [9.17, 15) is 19.1 Å². The van der Waals surface area contributed by atoms with E-state index >= 15 is 0 Å². The summed E-state index contributed by atoms with van der Waals surface area (Å²) in [7, 11) is 0. The second-order valence-electron chi connectivity index (χ2n) is 8.72. The molecule has 1 spiro atoms. The number of carbonyl (C=O) groups excluding carboxylic acids is 2. The van der Waals surface area contributed by atoms with Crippen molar-refractivity contribution in [1.29, 1.82) is 0 Å². The molecule has 1 aliphatic carbocycles. The highest BCUT2D eigenvalue weighted by molar-refractivity contribution is 5.96. The van der Waals surface area contributed by atoms with Gasteiger partial charge in [-0.25, -0.2) is 9.18 Å². The number of amides is 3. The minimum absolute atomic E-state index is 0.0740. The lowest BCUT2D eigenvalue weighted by atomic mass is 10.0. The van der Waals surface area contributed by atoms with Gasteiger partial charge in [0.15, 0.2) is 0 Å². The zero-order chi connectivity index (χ0) is 21.8. The summed E-state index contributed by atoms with van der Waals surface area (Å²) in [5.74, 6) is -0.420. The van der Waals surface area contributed by atoms with E-state index in [0.29, 0.717) is 49.5 Å². The molecular weight excluding hydrogens is 401 g/mol. The molecular formula is C22H26FN5O3. The van der Waals surface area contributed by atoms with Gasteiger partial charge in [0.05, 0.1) is 18.8 Å². The van der Waals surface area contributed by atoms with E-state index in [-0.39, 0.29) is 29.9 Å². The van der Waals surface area contributed by atoms with Crippen molar-refractivity contribution in [3.8, 4) is 0 Å². The quantitative estimate of drug-likeness (QED) is 0.787. The number of hydrogen-bond donors (Lipinski definition) is 2.